The number of anilines is 1. The SMILES string of the molecule is COC[C@@H]1CN(c2ccc(C3CCC(OC)CC3)cc2)C(=O)O1. The number of amides is 1. The number of carbonyl (C=O) groups excluding carboxylic acids is 1. The molecule has 1 saturated heterocycles. The van der Waals surface area contributed by atoms with Crippen LogP contribution in [-0.2, 0) is 14.2 Å². The molecule has 5 heteroatoms. The Morgan fingerprint density at radius 1 is 1.13 bits per heavy atom. The van der Waals surface area contributed by atoms with Crippen LogP contribution in [-0.4, -0.2) is 45.7 Å². The average molecular weight is 319 g/mol. The van der Waals surface area contributed by atoms with Crippen molar-refractivity contribution in [3.63, 3.8) is 0 Å². The van der Waals surface area contributed by atoms with Crippen LogP contribution in [0.25, 0.3) is 0 Å². The van der Waals surface area contributed by atoms with Gasteiger partial charge in [-0.05, 0) is 49.3 Å². The van der Waals surface area contributed by atoms with Crippen molar-refractivity contribution in [1.82, 2.24) is 0 Å². The molecule has 0 N–H and O–H groups in total. The van der Waals surface area contributed by atoms with Gasteiger partial charge in [0.05, 0.1) is 19.3 Å². The zero-order chi connectivity index (χ0) is 16.2. The molecular formula is C18H25NO4. The van der Waals surface area contributed by atoms with Gasteiger partial charge in [-0.15, -0.1) is 0 Å². The van der Waals surface area contributed by atoms with Gasteiger partial charge >= 0.3 is 6.09 Å². The first-order valence-electron chi connectivity index (χ1n) is 8.31. The smallest absolute Gasteiger partial charge is 0.414 e. The number of benzene rings is 1. The van der Waals surface area contributed by atoms with Crippen LogP contribution >= 0.6 is 0 Å². The Labute approximate surface area is 137 Å². The standard InChI is InChI=1S/C18H25NO4/c1-21-12-17-11-19(18(20)23-17)15-7-3-13(4-8-15)14-5-9-16(22-2)10-6-14/h3-4,7-8,14,16-17H,5-6,9-12H2,1-2H3/t14?,16?,17-/m0/s1. The van der Waals surface area contributed by atoms with Gasteiger partial charge in [0, 0.05) is 19.9 Å². The zero-order valence-corrected chi connectivity index (χ0v) is 13.9. The summed E-state index contributed by atoms with van der Waals surface area (Å²) in [5.74, 6) is 0.599. The lowest BCUT2D eigenvalue weighted by Gasteiger charge is -2.28. The highest BCUT2D eigenvalue weighted by atomic mass is 16.6. The summed E-state index contributed by atoms with van der Waals surface area (Å²) in [6.45, 7) is 0.980. The molecule has 0 aromatic heterocycles. The predicted octanol–water partition coefficient (Wildman–Crippen LogP) is 3.33. The predicted molar refractivity (Wildman–Crippen MR) is 87.9 cm³/mol. The highest BCUT2D eigenvalue weighted by Crippen LogP contribution is 2.34. The number of ether oxygens (including phenoxy) is 3. The Morgan fingerprint density at radius 3 is 2.43 bits per heavy atom. The van der Waals surface area contributed by atoms with Gasteiger partial charge in [-0.1, -0.05) is 12.1 Å². The summed E-state index contributed by atoms with van der Waals surface area (Å²) in [4.78, 5) is 13.6. The molecule has 126 valence electrons. The van der Waals surface area contributed by atoms with Crippen molar-refractivity contribution >= 4 is 11.8 Å². The summed E-state index contributed by atoms with van der Waals surface area (Å²) < 4.78 is 15.8. The lowest BCUT2D eigenvalue weighted by Crippen LogP contribution is -2.25. The quantitative estimate of drug-likeness (QED) is 0.835. The molecule has 1 aromatic rings. The lowest BCUT2D eigenvalue weighted by atomic mass is 9.83. The molecule has 2 aliphatic rings. The van der Waals surface area contributed by atoms with E-state index in [-0.39, 0.29) is 12.2 Å². The van der Waals surface area contributed by atoms with Gasteiger partial charge in [0.15, 0.2) is 0 Å². The Balaban J connectivity index is 1.62. The molecule has 3 rings (SSSR count). The number of hydrogen-bond donors (Lipinski definition) is 0. The van der Waals surface area contributed by atoms with E-state index in [1.54, 1.807) is 19.1 Å². The summed E-state index contributed by atoms with van der Waals surface area (Å²) in [6.07, 6.45) is 4.53. The first-order chi connectivity index (χ1) is 11.2. The summed E-state index contributed by atoms with van der Waals surface area (Å²) >= 11 is 0. The monoisotopic (exact) mass is 319 g/mol. The molecule has 23 heavy (non-hydrogen) atoms. The van der Waals surface area contributed by atoms with Crippen LogP contribution in [0.3, 0.4) is 0 Å². The van der Waals surface area contributed by atoms with E-state index in [0.29, 0.717) is 25.2 Å². The molecule has 0 bridgehead atoms. The fraction of sp³-hybridized carbons (Fsp3) is 0.611. The van der Waals surface area contributed by atoms with Crippen molar-refractivity contribution in [3.8, 4) is 0 Å². The van der Waals surface area contributed by atoms with Crippen LogP contribution in [0.1, 0.15) is 37.2 Å². The van der Waals surface area contributed by atoms with E-state index in [1.165, 1.54) is 18.4 Å². The van der Waals surface area contributed by atoms with Crippen molar-refractivity contribution in [2.45, 2.75) is 43.8 Å². The third-order valence-electron chi connectivity index (χ3n) is 4.91. The van der Waals surface area contributed by atoms with Gasteiger partial charge in [0.1, 0.15) is 6.10 Å². The Kier molecular flexibility index (Phi) is 5.18. The molecule has 0 unspecified atom stereocenters. The van der Waals surface area contributed by atoms with Crippen molar-refractivity contribution < 1.29 is 19.0 Å². The second-order valence-electron chi connectivity index (χ2n) is 6.37. The molecule has 0 spiro atoms. The molecule has 1 aromatic carbocycles. The maximum Gasteiger partial charge on any atom is 0.414 e. The molecule has 1 saturated carbocycles. The fourth-order valence-corrected chi connectivity index (χ4v) is 3.56. The van der Waals surface area contributed by atoms with E-state index in [1.807, 2.05) is 12.1 Å². The van der Waals surface area contributed by atoms with Gasteiger partial charge < -0.3 is 14.2 Å². The fourth-order valence-electron chi connectivity index (χ4n) is 3.56. The maximum atomic E-state index is 11.9. The van der Waals surface area contributed by atoms with Crippen molar-refractivity contribution in [1.29, 1.82) is 0 Å². The molecule has 1 aliphatic heterocycles. The Bertz CT molecular complexity index is 522. The molecule has 1 amide bonds. The topological polar surface area (TPSA) is 48.0 Å². The number of rotatable bonds is 5. The summed E-state index contributed by atoms with van der Waals surface area (Å²) in [5, 5.41) is 0. The Hall–Kier alpha value is -1.59. The van der Waals surface area contributed by atoms with Gasteiger partial charge in [-0.3, -0.25) is 4.90 Å². The first-order valence-corrected chi connectivity index (χ1v) is 8.31. The van der Waals surface area contributed by atoms with Crippen molar-refractivity contribution in [2.24, 2.45) is 0 Å². The average Bonchev–Trinajstić information content (AvgIpc) is 2.96. The van der Waals surface area contributed by atoms with Gasteiger partial charge in [0.25, 0.3) is 0 Å². The van der Waals surface area contributed by atoms with E-state index in [2.05, 4.69) is 12.1 Å². The van der Waals surface area contributed by atoms with Crippen LogP contribution in [0.15, 0.2) is 24.3 Å². The van der Waals surface area contributed by atoms with Gasteiger partial charge in [-0.2, -0.15) is 0 Å². The number of cyclic esters (lactones) is 1. The third kappa shape index (κ3) is 3.67. The molecule has 1 atom stereocenters. The van der Waals surface area contributed by atoms with Gasteiger partial charge in [0.2, 0.25) is 0 Å². The van der Waals surface area contributed by atoms with Crippen LogP contribution in [0, 0.1) is 0 Å². The number of methoxy groups -OCH3 is 2. The van der Waals surface area contributed by atoms with Crippen molar-refractivity contribution in [3.05, 3.63) is 29.8 Å². The third-order valence-corrected chi connectivity index (χ3v) is 4.91. The highest BCUT2D eigenvalue weighted by molar-refractivity contribution is 5.89. The van der Waals surface area contributed by atoms with Crippen LogP contribution in [0.5, 0.6) is 0 Å². The van der Waals surface area contributed by atoms with E-state index in [4.69, 9.17) is 14.2 Å². The molecule has 2 fully saturated rings. The zero-order valence-electron chi connectivity index (χ0n) is 13.9. The van der Waals surface area contributed by atoms with E-state index >= 15 is 0 Å². The van der Waals surface area contributed by atoms with E-state index < -0.39 is 0 Å². The molecule has 1 heterocycles. The van der Waals surface area contributed by atoms with E-state index in [0.717, 1.165) is 18.5 Å². The van der Waals surface area contributed by atoms with Crippen LogP contribution in [0.4, 0.5) is 10.5 Å². The highest BCUT2D eigenvalue weighted by Gasteiger charge is 2.32. The lowest BCUT2D eigenvalue weighted by molar-refractivity contribution is 0.0658. The minimum absolute atomic E-state index is 0.184. The number of hydrogen-bond acceptors (Lipinski definition) is 4. The molecular weight excluding hydrogens is 294 g/mol. The summed E-state index contributed by atoms with van der Waals surface area (Å²) in [7, 11) is 3.41. The minimum Gasteiger partial charge on any atom is -0.441 e. The Morgan fingerprint density at radius 2 is 1.83 bits per heavy atom. The van der Waals surface area contributed by atoms with Crippen LogP contribution < -0.4 is 4.90 Å². The summed E-state index contributed by atoms with van der Waals surface area (Å²) in [5.41, 5.74) is 2.24. The first kappa shape index (κ1) is 16.3. The second-order valence-corrected chi connectivity index (χ2v) is 6.37. The largest absolute Gasteiger partial charge is 0.441 e. The molecule has 0 radical (unpaired) electrons. The number of carbonyl (C=O) groups is 1. The van der Waals surface area contributed by atoms with Crippen molar-refractivity contribution in [2.75, 3.05) is 32.3 Å². The van der Waals surface area contributed by atoms with Gasteiger partial charge in [-0.25, -0.2) is 4.79 Å². The summed E-state index contributed by atoms with van der Waals surface area (Å²) in [6, 6.07) is 8.33. The normalized spacial score (nSPS) is 28.0. The molecule has 5 nitrogen and oxygen atoms in total. The number of nitrogens with zero attached hydrogens (tertiary/aromatic N) is 1. The minimum atomic E-state index is -0.291. The maximum absolute atomic E-state index is 11.9. The van der Waals surface area contributed by atoms with Crippen LogP contribution in [0.2, 0.25) is 0 Å². The molecule has 1 aliphatic carbocycles. The van der Waals surface area contributed by atoms with E-state index in [9.17, 15) is 4.79 Å². The second kappa shape index (κ2) is 7.32.